The molecule has 0 bridgehead atoms. The summed E-state index contributed by atoms with van der Waals surface area (Å²) in [7, 11) is -3.33. The highest BCUT2D eigenvalue weighted by Gasteiger charge is 2.27. The van der Waals surface area contributed by atoms with Crippen molar-refractivity contribution in [2.75, 3.05) is 12.3 Å². The van der Waals surface area contributed by atoms with Crippen LogP contribution in [-0.2, 0) is 10.0 Å². The zero-order valence-corrected chi connectivity index (χ0v) is 12.6. The smallest absolute Gasteiger partial charge is 0.256 e. The summed E-state index contributed by atoms with van der Waals surface area (Å²) in [6.07, 6.45) is 5.59. The maximum absolute atomic E-state index is 11.7. The topological polar surface area (TPSA) is 49.7 Å². The van der Waals surface area contributed by atoms with Crippen molar-refractivity contribution in [1.29, 1.82) is 0 Å². The van der Waals surface area contributed by atoms with E-state index in [0.29, 0.717) is 12.4 Å². The Labute approximate surface area is 129 Å². The van der Waals surface area contributed by atoms with E-state index < -0.39 is 10.0 Å². The first-order valence-electron chi connectivity index (χ1n) is 7.10. The van der Waals surface area contributed by atoms with Gasteiger partial charge in [-0.05, 0) is 34.6 Å². The third-order valence-electron chi connectivity index (χ3n) is 3.92. The lowest BCUT2D eigenvalue weighted by Gasteiger charge is -2.31. The van der Waals surface area contributed by atoms with E-state index in [9.17, 15) is 8.42 Å². The van der Waals surface area contributed by atoms with Crippen molar-refractivity contribution in [3.8, 4) is 0 Å². The number of amidine groups is 1. The number of hydrogen-bond donors (Lipinski definition) is 0. The molecule has 5 heteroatoms. The van der Waals surface area contributed by atoms with Crippen LogP contribution in [0.1, 0.15) is 5.56 Å². The Morgan fingerprint density at radius 3 is 2.73 bits per heavy atom. The van der Waals surface area contributed by atoms with Crippen LogP contribution >= 0.6 is 0 Å². The van der Waals surface area contributed by atoms with E-state index in [1.165, 1.54) is 10.8 Å². The van der Waals surface area contributed by atoms with Crippen LogP contribution in [0, 0.1) is 0 Å². The van der Waals surface area contributed by atoms with Crippen LogP contribution in [0.3, 0.4) is 0 Å². The van der Waals surface area contributed by atoms with Gasteiger partial charge in [-0.3, -0.25) is 0 Å². The number of allylic oxidation sites excluding steroid dienone is 2. The zero-order chi connectivity index (χ0) is 15.2. The number of hydrogen-bond acceptors (Lipinski definition) is 3. The second-order valence-electron chi connectivity index (χ2n) is 5.36. The standard InChI is InChI=1S/C17H14N2O2S/c20-22(21)11-10-19-16(6-3-7-17(19)18-22)15-9-8-13-4-1-2-5-14(13)12-15/h1-9,12H,10-11H2. The molecule has 4 rings (SSSR count). The molecule has 2 aromatic carbocycles. The van der Waals surface area contributed by atoms with E-state index in [1.807, 2.05) is 29.2 Å². The normalized spacial score (nSPS) is 19.5. The molecule has 2 aliphatic heterocycles. The molecule has 0 atom stereocenters. The van der Waals surface area contributed by atoms with Crippen LogP contribution in [-0.4, -0.2) is 31.5 Å². The Bertz CT molecular complexity index is 956. The average Bonchev–Trinajstić information content (AvgIpc) is 2.52. The van der Waals surface area contributed by atoms with Crippen molar-refractivity contribution < 1.29 is 8.42 Å². The Balaban J connectivity index is 1.81. The SMILES string of the molecule is O=S1(=O)CCN2C(c3ccc4ccccc4c3)=CC=CC2=N1. The molecule has 0 radical (unpaired) electrons. The van der Waals surface area contributed by atoms with Crippen molar-refractivity contribution in [2.45, 2.75) is 0 Å². The molecule has 0 aliphatic carbocycles. The molecular weight excluding hydrogens is 296 g/mol. The fourth-order valence-corrected chi connectivity index (χ4v) is 3.79. The molecule has 2 aromatic rings. The van der Waals surface area contributed by atoms with Gasteiger partial charge in [0.2, 0.25) is 0 Å². The maximum atomic E-state index is 11.7. The second-order valence-corrected chi connectivity index (χ2v) is 7.11. The Hall–Kier alpha value is -2.40. The monoisotopic (exact) mass is 310 g/mol. The van der Waals surface area contributed by atoms with Crippen molar-refractivity contribution in [2.24, 2.45) is 4.40 Å². The summed E-state index contributed by atoms with van der Waals surface area (Å²) < 4.78 is 27.2. The lowest BCUT2D eigenvalue weighted by molar-refractivity contribution is 0.560. The maximum Gasteiger partial charge on any atom is 0.256 e. The summed E-state index contributed by atoms with van der Waals surface area (Å²) >= 11 is 0. The van der Waals surface area contributed by atoms with Gasteiger partial charge in [0.05, 0.1) is 5.75 Å². The van der Waals surface area contributed by atoms with E-state index in [-0.39, 0.29) is 5.75 Å². The van der Waals surface area contributed by atoms with Crippen LogP contribution in [0.25, 0.3) is 16.5 Å². The first-order valence-corrected chi connectivity index (χ1v) is 8.71. The molecule has 0 saturated carbocycles. The molecular formula is C17H14N2O2S. The summed E-state index contributed by atoms with van der Waals surface area (Å²) in [6.45, 7) is 0.435. The minimum absolute atomic E-state index is 0.0509. The highest BCUT2D eigenvalue weighted by atomic mass is 32.2. The van der Waals surface area contributed by atoms with Crippen molar-refractivity contribution >= 4 is 32.3 Å². The minimum atomic E-state index is -3.33. The van der Waals surface area contributed by atoms with Crippen molar-refractivity contribution in [1.82, 2.24) is 4.90 Å². The van der Waals surface area contributed by atoms with Crippen LogP contribution in [0.5, 0.6) is 0 Å². The molecule has 0 N–H and O–H groups in total. The minimum Gasteiger partial charge on any atom is -0.324 e. The van der Waals surface area contributed by atoms with E-state index in [0.717, 1.165) is 11.3 Å². The molecule has 0 unspecified atom stereocenters. The third-order valence-corrected chi connectivity index (χ3v) is 5.08. The molecule has 4 nitrogen and oxygen atoms in total. The number of nitrogens with zero attached hydrogens (tertiary/aromatic N) is 2. The number of benzene rings is 2. The number of rotatable bonds is 1. The Morgan fingerprint density at radius 1 is 1.05 bits per heavy atom. The summed E-state index contributed by atoms with van der Waals surface area (Å²) in [5, 5.41) is 2.35. The van der Waals surface area contributed by atoms with Gasteiger partial charge in [0, 0.05) is 12.2 Å². The van der Waals surface area contributed by atoms with E-state index in [1.54, 1.807) is 6.08 Å². The second kappa shape index (κ2) is 4.81. The molecule has 0 saturated heterocycles. The first kappa shape index (κ1) is 13.3. The van der Waals surface area contributed by atoms with Crippen LogP contribution in [0.4, 0.5) is 0 Å². The predicted octanol–water partition coefficient (Wildman–Crippen LogP) is 2.79. The fraction of sp³-hybridized carbons (Fsp3) is 0.118. The predicted molar refractivity (Wildman–Crippen MR) is 89.0 cm³/mol. The lowest BCUT2D eigenvalue weighted by Crippen LogP contribution is -2.38. The van der Waals surface area contributed by atoms with Crippen molar-refractivity contribution in [3.63, 3.8) is 0 Å². The van der Waals surface area contributed by atoms with Gasteiger partial charge in [0.1, 0.15) is 5.84 Å². The summed E-state index contributed by atoms with van der Waals surface area (Å²) in [6, 6.07) is 14.5. The van der Waals surface area contributed by atoms with Gasteiger partial charge in [-0.2, -0.15) is 0 Å². The molecule has 110 valence electrons. The molecule has 0 amide bonds. The molecule has 0 spiro atoms. The summed E-state index contributed by atoms with van der Waals surface area (Å²) in [4.78, 5) is 1.96. The first-order chi connectivity index (χ1) is 10.6. The van der Waals surface area contributed by atoms with Gasteiger partial charge >= 0.3 is 0 Å². The van der Waals surface area contributed by atoms with Gasteiger partial charge < -0.3 is 4.90 Å². The van der Waals surface area contributed by atoms with Crippen LogP contribution in [0.15, 0.2) is 65.1 Å². The van der Waals surface area contributed by atoms with Gasteiger partial charge in [0.25, 0.3) is 10.0 Å². The lowest BCUT2D eigenvalue weighted by atomic mass is 10.0. The highest BCUT2D eigenvalue weighted by molar-refractivity contribution is 7.90. The molecule has 22 heavy (non-hydrogen) atoms. The largest absolute Gasteiger partial charge is 0.324 e. The number of sulfonamides is 1. The number of fused-ring (bicyclic) bond motifs is 2. The average molecular weight is 310 g/mol. The Kier molecular flexibility index (Phi) is 2.90. The molecule has 0 aromatic heterocycles. The van der Waals surface area contributed by atoms with E-state index in [4.69, 9.17) is 0 Å². The zero-order valence-electron chi connectivity index (χ0n) is 11.8. The van der Waals surface area contributed by atoms with Crippen LogP contribution in [0.2, 0.25) is 0 Å². The Morgan fingerprint density at radius 2 is 1.86 bits per heavy atom. The van der Waals surface area contributed by atoms with E-state index in [2.05, 4.69) is 34.7 Å². The quantitative estimate of drug-likeness (QED) is 0.814. The van der Waals surface area contributed by atoms with Gasteiger partial charge in [-0.1, -0.05) is 42.5 Å². The molecule has 2 heterocycles. The highest BCUT2D eigenvalue weighted by Crippen LogP contribution is 2.28. The van der Waals surface area contributed by atoms with Crippen LogP contribution < -0.4 is 0 Å². The fourth-order valence-electron chi connectivity index (χ4n) is 2.84. The summed E-state index contributed by atoms with van der Waals surface area (Å²) in [5.74, 6) is 0.548. The van der Waals surface area contributed by atoms with Crippen molar-refractivity contribution in [3.05, 3.63) is 66.3 Å². The molecule has 2 aliphatic rings. The van der Waals surface area contributed by atoms with Gasteiger partial charge in [0.15, 0.2) is 0 Å². The molecule has 0 fully saturated rings. The summed E-state index contributed by atoms with van der Waals surface area (Å²) in [5.41, 5.74) is 2.05. The van der Waals surface area contributed by atoms with Gasteiger partial charge in [-0.15, -0.1) is 4.40 Å². The van der Waals surface area contributed by atoms with Gasteiger partial charge in [-0.25, -0.2) is 8.42 Å². The third kappa shape index (κ3) is 2.23. The van der Waals surface area contributed by atoms with E-state index >= 15 is 0 Å².